The van der Waals surface area contributed by atoms with Crippen LogP contribution in [0.25, 0.3) is 0 Å². The Morgan fingerprint density at radius 1 is 1.30 bits per heavy atom. The Labute approximate surface area is 120 Å². The van der Waals surface area contributed by atoms with Crippen LogP contribution in [0.3, 0.4) is 0 Å². The summed E-state index contributed by atoms with van der Waals surface area (Å²) in [6.45, 7) is 4.31. The van der Waals surface area contributed by atoms with Gasteiger partial charge in [-0.3, -0.25) is 0 Å². The molecule has 20 heavy (non-hydrogen) atoms. The highest BCUT2D eigenvalue weighted by Crippen LogP contribution is 2.13. The van der Waals surface area contributed by atoms with Gasteiger partial charge in [0.15, 0.2) is 0 Å². The molecule has 1 unspecified atom stereocenters. The predicted molar refractivity (Wildman–Crippen MR) is 78.4 cm³/mol. The summed E-state index contributed by atoms with van der Waals surface area (Å²) in [6.07, 6.45) is 0.967. The number of hydrogen-bond donors (Lipinski definition) is 2. The number of hydrogen-bond acceptors (Lipinski definition) is 4. The van der Waals surface area contributed by atoms with Crippen LogP contribution in [-0.2, 0) is 16.4 Å². The molecule has 0 aliphatic carbocycles. The fraction of sp³-hybridized carbons (Fsp3) is 0.500. The lowest BCUT2D eigenvalue weighted by Gasteiger charge is -2.18. The van der Waals surface area contributed by atoms with Crippen LogP contribution in [0.2, 0.25) is 0 Å². The molecule has 1 aromatic rings. The molecule has 0 aliphatic rings. The van der Waals surface area contributed by atoms with E-state index in [9.17, 15) is 8.42 Å². The number of nitrogens with zero attached hydrogens (tertiary/aromatic N) is 1. The summed E-state index contributed by atoms with van der Waals surface area (Å²) >= 11 is 0. The molecule has 3 N–H and O–H groups in total. The molecule has 0 saturated carbocycles. The van der Waals surface area contributed by atoms with Crippen molar-refractivity contribution in [1.82, 2.24) is 4.72 Å². The second-order valence-electron chi connectivity index (χ2n) is 5.16. The number of nitrogens with one attached hydrogen (secondary N) is 1. The van der Waals surface area contributed by atoms with Gasteiger partial charge in [0.25, 0.3) is 0 Å². The van der Waals surface area contributed by atoms with Gasteiger partial charge < -0.3 is 5.73 Å². The highest BCUT2D eigenvalue weighted by Gasteiger charge is 2.19. The summed E-state index contributed by atoms with van der Waals surface area (Å²) in [5.41, 5.74) is 6.40. The largest absolute Gasteiger partial charge is 0.329 e. The molecule has 0 spiro atoms. The maximum atomic E-state index is 12.2. The van der Waals surface area contributed by atoms with E-state index in [0.717, 1.165) is 5.56 Å². The Hall–Kier alpha value is -1.42. The van der Waals surface area contributed by atoms with Crippen LogP contribution < -0.4 is 10.5 Å². The van der Waals surface area contributed by atoms with Gasteiger partial charge in [0, 0.05) is 12.6 Å². The first-order chi connectivity index (χ1) is 9.39. The minimum Gasteiger partial charge on any atom is -0.329 e. The monoisotopic (exact) mass is 295 g/mol. The molecule has 110 valence electrons. The molecule has 0 saturated heterocycles. The molecular weight excluding hydrogens is 274 g/mol. The molecule has 1 aromatic carbocycles. The first kappa shape index (κ1) is 16.6. The minimum absolute atomic E-state index is 0.196. The Bertz CT molecular complexity index is 559. The number of sulfonamides is 1. The molecule has 5 nitrogen and oxygen atoms in total. The van der Waals surface area contributed by atoms with Crippen LogP contribution in [-0.4, -0.2) is 21.0 Å². The Balaban J connectivity index is 2.85. The highest BCUT2D eigenvalue weighted by atomic mass is 32.2. The van der Waals surface area contributed by atoms with Gasteiger partial charge in [-0.2, -0.15) is 5.26 Å². The standard InChI is InChI=1S/C14H21N3O2S/c1-11(2)9-13(10-16)17-20(18,19)14-5-3-12(4-6-14)7-8-15/h3-6,11,13,17H,7,9-10,16H2,1-2H3. The lowest BCUT2D eigenvalue weighted by Crippen LogP contribution is -2.40. The Kier molecular flexibility index (Phi) is 6.14. The lowest BCUT2D eigenvalue weighted by atomic mass is 10.1. The summed E-state index contributed by atoms with van der Waals surface area (Å²) in [6, 6.07) is 8.08. The second kappa shape index (κ2) is 7.39. The summed E-state index contributed by atoms with van der Waals surface area (Å²) in [5, 5.41) is 8.59. The fourth-order valence-electron chi connectivity index (χ4n) is 1.93. The first-order valence-corrected chi connectivity index (χ1v) is 8.05. The Morgan fingerprint density at radius 2 is 1.90 bits per heavy atom. The second-order valence-corrected chi connectivity index (χ2v) is 6.88. The van der Waals surface area contributed by atoms with E-state index in [1.54, 1.807) is 12.1 Å². The van der Waals surface area contributed by atoms with E-state index < -0.39 is 10.0 Å². The average Bonchev–Trinajstić information content (AvgIpc) is 2.38. The van der Waals surface area contributed by atoms with Crippen LogP contribution in [0.1, 0.15) is 25.8 Å². The van der Waals surface area contributed by atoms with Crippen molar-refractivity contribution in [2.45, 2.75) is 37.6 Å². The molecule has 0 bridgehead atoms. The molecule has 1 rings (SSSR count). The van der Waals surface area contributed by atoms with Gasteiger partial charge in [-0.05, 0) is 30.0 Å². The van der Waals surface area contributed by atoms with Gasteiger partial charge in [-0.15, -0.1) is 0 Å². The summed E-state index contributed by atoms with van der Waals surface area (Å²) in [5.74, 6) is 0.365. The van der Waals surface area contributed by atoms with Crippen molar-refractivity contribution in [3.63, 3.8) is 0 Å². The van der Waals surface area contributed by atoms with E-state index >= 15 is 0 Å². The zero-order valence-electron chi connectivity index (χ0n) is 11.8. The third kappa shape index (κ3) is 4.93. The van der Waals surface area contributed by atoms with Crippen LogP contribution in [0.4, 0.5) is 0 Å². The van der Waals surface area contributed by atoms with Crippen LogP contribution in [0, 0.1) is 17.2 Å². The molecule has 0 aliphatic heterocycles. The quantitative estimate of drug-likeness (QED) is 0.794. The predicted octanol–water partition coefficient (Wildman–Crippen LogP) is 1.40. The smallest absolute Gasteiger partial charge is 0.240 e. The maximum absolute atomic E-state index is 12.2. The Morgan fingerprint density at radius 3 is 2.35 bits per heavy atom. The van der Waals surface area contributed by atoms with Gasteiger partial charge in [0.05, 0.1) is 17.4 Å². The van der Waals surface area contributed by atoms with Gasteiger partial charge in [-0.25, -0.2) is 13.1 Å². The SMILES string of the molecule is CC(C)CC(CN)NS(=O)(=O)c1ccc(CC#N)cc1. The third-order valence-corrected chi connectivity index (χ3v) is 4.42. The summed E-state index contributed by atoms with van der Waals surface area (Å²) in [7, 11) is -3.56. The number of benzene rings is 1. The number of rotatable bonds is 7. The summed E-state index contributed by atoms with van der Waals surface area (Å²) in [4.78, 5) is 0.196. The van der Waals surface area contributed by atoms with Crippen LogP contribution >= 0.6 is 0 Å². The number of nitrogens with two attached hydrogens (primary N) is 1. The molecule has 6 heteroatoms. The molecule has 1 atom stereocenters. The van der Waals surface area contributed by atoms with E-state index in [-0.39, 0.29) is 23.9 Å². The van der Waals surface area contributed by atoms with Gasteiger partial charge in [0.1, 0.15) is 0 Å². The zero-order valence-corrected chi connectivity index (χ0v) is 12.7. The highest BCUT2D eigenvalue weighted by molar-refractivity contribution is 7.89. The molecule has 0 heterocycles. The van der Waals surface area contributed by atoms with E-state index in [0.29, 0.717) is 12.3 Å². The van der Waals surface area contributed by atoms with Crippen molar-refractivity contribution in [3.05, 3.63) is 29.8 Å². The van der Waals surface area contributed by atoms with Crippen molar-refractivity contribution in [3.8, 4) is 6.07 Å². The van der Waals surface area contributed by atoms with E-state index in [1.807, 2.05) is 19.9 Å². The maximum Gasteiger partial charge on any atom is 0.240 e. The van der Waals surface area contributed by atoms with Gasteiger partial charge >= 0.3 is 0 Å². The van der Waals surface area contributed by atoms with Gasteiger partial charge in [-0.1, -0.05) is 26.0 Å². The first-order valence-electron chi connectivity index (χ1n) is 6.57. The van der Waals surface area contributed by atoms with Gasteiger partial charge in [0.2, 0.25) is 10.0 Å². The van der Waals surface area contributed by atoms with E-state index in [2.05, 4.69) is 4.72 Å². The topological polar surface area (TPSA) is 96.0 Å². The minimum atomic E-state index is -3.56. The molecule has 0 amide bonds. The van der Waals surface area contributed by atoms with Crippen molar-refractivity contribution in [2.75, 3.05) is 6.54 Å². The lowest BCUT2D eigenvalue weighted by molar-refractivity contribution is 0.465. The molecule has 0 radical (unpaired) electrons. The molecule has 0 aromatic heterocycles. The van der Waals surface area contributed by atoms with Crippen molar-refractivity contribution in [1.29, 1.82) is 5.26 Å². The van der Waals surface area contributed by atoms with E-state index in [1.165, 1.54) is 12.1 Å². The molecule has 0 fully saturated rings. The normalized spacial score (nSPS) is 13.2. The van der Waals surface area contributed by atoms with Crippen molar-refractivity contribution in [2.24, 2.45) is 11.7 Å². The molecular formula is C14H21N3O2S. The number of nitriles is 1. The van der Waals surface area contributed by atoms with Crippen LogP contribution in [0.5, 0.6) is 0 Å². The van der Waals surface area contributed by atoms with E-state index in [4.69, 9.17) is 11.0 Å². The van der Waals surface area contributed by atoms with Crippen molar-refractivity contribution >= 4 is 10.0 Å². The third-order valence-electron chi connectivity index (χ3n) is 2.88. The van der Waals surface area contributed by atoms with Crippen LogP contribution in [0.15, 0.2) is 29.2 Å². The zero-order chi connectivity index (χ0) is 15.2. The van der Waals surface area contributed by atoms with Crippen molar-refractivity contribution < 1.29 is 8.42 Å². The fourth-order valence-corrected chi connectivity index (χ4v) is 3.19. The average molecular weight is 295 g/mol. The summed E-state index contributed by atoms with van der Waals surface area (Å²) < 4.78 is 27.1.